The molecule has 2 heterocycles. The molecular weight excluding hydrogens is 374 g/mol. The minimum atomic E-state index is -0.993. The number of carboxylic acids is 1. The van der Waals surface area contributed by atoms with Crippen LogP contribution in [0, 0.1) is 6.92 Å². The van der Waals surface area contributed by atoms with Crippen molar-refractivity contribution < 1.29 is 9.90 Å². The molecule has 0 saturated carbocycles. The first-order valence-corrected chi connectivity index (χ1v) is 9.00. The van der Waals surface area contributed by atoms with E-state index in [4.69, 9.17) is 11.6 Å². The fourth-order valence-electron chi connectivity index (χ4n) is 3.13. The molecule has 5 nitrogen and oxygen atoms in total. The number of halogens is 1. The van der Waals surface area contributed by atoms with Crippen molar-refractivity contribution in [2.75, 3.05) is 5.32 Å². The summed E-state index contributed by atoms with van der Waals surface area (Å²) in [6, 6.07) is 14.5. The Hall–Kier alpha value is -3.44. The van der Waals surface area contributed by atoms with Gasteiger partial charge in [-0.25, -0.2) is 4.79 Å². The van der Waals surface area contributed by atoms with E-state index in [2.05, 4.69) is 15.3 Å². The first-order chi connectivity index (χ1) is 13.5. The summed E-state index contributed by atoms with van der Waals surface area (Å²) in [5, 5.41) is 14.3. The molecule has 138 valence electrons. The number of hydrogen-bond acceptors (Lipinski definition) is 4. The SMILES string of the molecule is Cc1ccc(Nc2c(-c3ccncc3)cnc3ccc(Cl)cc23)c(C(=O)O)c1. The number of benzene rings is 2. The number of anilines is 2. The maximum absolute atomic E-state index is 11.8. The van der Waals surface area contributed by atoms with Crippen LogP contribution in [0.3, 0.4) is 0 Å². The molecule has 0 spiro atoms. The molecule has 2 aromatic heterocycles. The Kier molecular flexibility index (Phi) is 4.67. The number of fused-ring (bicyclic) bond motifs is 1. The molecule has 2 N–H and O–H groups in total. The summed E-state index contributed by atoms with van der Waals surface area (Å²) in [6.07, 6.45) is 5.17. The predicted molar refractivity (Wildman–Crippen MR) is 111 cm³/mol. The van der Waals surface area contributed by atoms with Gasteiger partial charge in [0.15, 0.2) is 0 Å². The van der Waals surface area contributed by atoms with Crippen molar-refractivity contribution in [3.63, 3.8) is 0 Å². The Morgan fingerprint density at radius 1 is 1.07 bits per heavy atom. The smallest absolute Gasteiger partial charge is 0.337 e. The van der Waals surface area contributed by atoms with Gasteiger partial charge in [0.25, 0.3) is 0 Å². The number of carboxylic acid groups (broad SMARTS) is 1. The summed E-state index contributed by atoms with van der Waals surface area (Å²) in [6.45, 7) is 1.86. The maximum atomic E-state index is 11.8. The van der Waals surface area contributed by atoms with E-state index in [1.54, 1.807) is 36.8 Å². The fraction of sp³-hybridized carbons (Fsp3) is 0.0455. The Morgan fingerprint density at radius 2 is 1.86 bits per heavy atom. The van der Waals surface area contributed by atoms with E-state index >= 15 is 0 Å². The van der Waals surface area contributed by atoms with Gasteiger partial charge in [0.1, 0.15) is 0 Å². The van der Waals surface area contributed by atoms with Crippen LogP contribution in [0.1, 0.15) is 15.9 Å². The monoisotopic (exact) mass is 389 g/mol. The standard InChI is InChI=1S/C22H16ClN3O2/c1-13-2-4-20(17(10-13)22(27)28)26-21-16-11-15(23)3-5-19(16)25-12-18(21)14-6-8-24-9-7-14/h2-12H,1H3,(H,25,26)(H,27,28). The van der Waals surface area contributed by atoms with Crippen molar-refractivity contribution in [1.82, 2.24) is 9.97 Å². The molecule has 2 aromatic carbocycles. The van der Waals surface area contributed by atoms with Gasteiger partial charge in [-0.05, 0) is 55.0 Å². The molecule has 0 amide bonds. The number of rotatable bonds is 4. The van der Waals surface area contributed by atoms with Crippen molar-refractivity contribution in [2.45, 2.75) is 6.92 Å². The highest BCUT2D eigenvalue weighted by Crippen LogP contribution is 2.37. The lowest BCUT2D eigenvalue weighted by molar-refractivity contribution is 0.0698. The van der Waals surface area contributed by atoms with E-state index in [0.717, 1.165) is 33.3 Å². The van der Waals surface area contributed by atoms with Crippen molar-refractivity contribution in [3.05, 3.63) is 83.3 Å². The van der Waals surface area contributed by atoms with Gasteiger partial charge in [0, 0.05) is 34.6 Å². The molecule has 4 aromatic rings. The van der Waals surface area contributed by atoms with E-state index in [0.29, 0.717) is 10.7 Å². The molecule has 28 heavy (non-hydrogen) atoms. The number of hydrogen-bond donors (Lipinski definition) is 2. The van der Waals surface area contributed by atoms with Crippen LogP contribution in [-0.4, -0.2) is 21.0 Å². The van der Waals surface area contributed by atoms with E-state index in [1.165, 1.54) is 0 Å². The molecule has 0 bridgehead atoms. The number of carbonyl (C=O) groups is 1. The van der Waals surface area contributed by atoms with Gasteiger partial charge in [-0.3, -0.25) is 9.97 Å². The molecule has 6 heteroatoms. The number of aryl methyl sites for hydroxylation is 1. The first kappa shape index (κ1) is 17.9. The number of pyridine rings is 2. The lowest BCUT2D eigenvalue weighted by Crippen LogP contribution is -2.04. The average molecular weight is 390 g/mol. The van der Waals surface area contributed by atoms with Crippen molar-refractivity contribution >= 4 is 39.8 Å². The summed E-state index contributed by atoms with van der Waals surface area (Å²) in [4.78, 5) is 20.4. The Labute approximate surface area is 166 Å². The molecule has 4 rings (SSSR count). The van der Waals surface area contributed by atoms with Gasteiger partial charge in [-0.15, -0.1) is 0 Å². The summed E-state index contributed by atoms with van der Waals surface area (Å²) in [5.41, 5.74) is 4.82. The van der Waals surface area contributed by atoms with Crippen molar-refractivity contribution in [2.24, 2.45) is 0 Å². The molecule has 0 unspecified atom stereocenters. The largest absolute Gasteiger partial charge is 0.478 e. The molecule has 0 fully saturated rings. The molecule has 0 radical (unpaired) electrons. The van der Waals surface area contributed by atoms with Crippen LogP contribution in [-0.2, 0) is 0 Å². The second-order valence-electron chi connectivity index (χ2n) is 6.42. The Morgan fingerprint density at radius 3 is 2.61 bits per heavy atom. The number of aromatic carboxylic acids is 1. The molecule has 0 atom stereocenters. The Balaban J connectivity index is 1.97. The van der Waals surface area contributed by atoms with E-state index in [9.17, 15) is 9.90 Å². The van der Waals surface area contributed by atoms with Gasteiger partial charge in [-0.2, -0.15) is 0 Å². The quantitative estimate of drug-likeness (QED) is 0.468. The number of aromatic nitrogens is 2. The van der Waals surface area contributed by atoms with E-state index in [1.807, 2.05) is 37.3 Å². The van der Waals surface area contributed by atoms with Crippen LogP contribution in [0.25, 0.3) is 22.0 Å². The fourth-order valence-corrected chi connectivity index (χ4v) is 3.30. The Bertz CT molecular complexity index is 1190. The van der Waals surface area contributed by atoms with Gasteiger partial charge >= 0.3 is 5.97 Å². The summed E-state index contributed by atoms with van der Waals surface area (Å²) >= 11 is 6.23. The topological polar surface area (TPSA) is 75.1 Å². The minimum absolute atomic E-state index is 0.202. The number of nitrogens with one attached hydrogen (secondary N) is 1. The van der Waals surface area contributed by atoms with Crippen LogP contribution in [0.15, 0.2) is 67.1 Å². The van der Waals surface area contributed by atoms with Crippen LogP contribution in [0.4, 0.5) is 11.4 Å². The summed E-state index contributed by atoms with van der Waals surface area (Å²) in [7, 11) is 0. The molecule has 0 saturated heterocycles. The average Bonchev–Trinajstić information content (AvgIpc) is 2.70. The molecule has 0 aliphatic carbocycles. The second kappa shape index (κ2) is 7.29. The molecule has 0 aliphatic rings. The zero-order valence-corrected chi connectivity index (χ0v) is 15.7. The van der Waals surface area contributed by atoms with Crippen molar-refractivity contribution in [3.8, 4) is 11.1 Å². The normalized spacial score (nSPS) is 10.8. The highest BCUT2D eigenvalue weighted by molar-refractivity contribution is 6.31. The zero-order valence-electron chi connectivity index (χ0n) is 15.0. The van der Waals surface area contributed by atoms with E-state index < -0.39 is 5.97 Å². The molecular formula is C22H16ClN3O2. The maximum Gasteiger partial charge on any atom is 0.337 e. The van der Waals surface area contributed by atoms with Crippen LogP contribution < -0.4 is 5.32 Å². The summed E-state index contributed by atoms with van der Waals surface area (Å²) in [5.74, 6) is -0.993. The highest BCUT2D eigenvalue weighted by atomic mass is 35.5. The number of nitrogens with zero attached hydrogens (tertiary/aromatic N) is 2. The van der Waals surface area contributed by atoms with Gasteiger partial charge in [0.2, 0.25) is 0 Å². The second-order valence-corrected chi connectivity index (χ2v) is 6.86. The highest BCUT2D eigenvalue weighted by Gasteiger charge is 2.16. The van der Waals surface area contributed by atoms with E-state index in [-0.39, 0.29) is 5.56 Å². The minimum Gasteiger partial charge on any atom is -0.478 e. The van der Waals surface area contributed by atoms with Crippen LogP contribution >= 0.6 is 11.6 Å². The lowest BCUT2D eigenvalue weighted by atomic mass is 10.0. The molecule has 0 aliphatic heterocycles. The summed E-state index contributed by atoms with van der Waals surface area (Å²) < 4.78 is 0. The third kappa shape index (κ3) is 3.40. The van der Waals surface area contributed by atoms with Crippen LogP contribution in [0.5, 0.6) is 0 Å². The van der Waals surface area contributed by atoms with Gasteiger partial charge < -0.3 is 10.4 Å². The predicted octanol–water partition coefficient (Wildman–Crippen LogP) is 5.70. The zero-order chi connectivity index (χ0) is 19.7. The van der Waals surface area contributed by atoms with Gasteiger partial charge in [0.05, 0.1) is 22.5 Å². The third-order valence-electron chi connectivity index (χ3n) is 4.49. The van der Waals surface area contributed by atoms with Gasteiger partial charge in [-0.1, -0.05) is 23.2 Å². The lowest BCUT2D eigenvalue weighted by Gasteiger charge is -2.17. The third-order valence-corrected chi connectivity index (χ3v) is 4.72. The van der Waals surface area contributed by atoms with Crippen LogP contribution in [0.2, 0.25) is 5.02 Å². The first-order valence-electron chi connectivity index (χ1n) is 8.62. The van der Waals surface area contributed by atoms with Crippen molar-refractivity contribution in [1.29, 1.82) is 0 Å².